The van der Waals surface area contributed by atoms with Gasteiger partial charge in [-0.2, -0.15) is 5.10 Å². The summed E-state index contributed by atoms with van der Waals surface area (Å²) < 4.78 is 0. The monoisotopic (exact) mass is 224 g/mol. The number of aliphatic hydroxyl groups is 1. The third-order valence-corrected chi connectivity index (χ3v) is 2.76. The number of anilines is 1. The van der Waals surface area contributed by atoms with E-state index in [1.54, 1.807) is 0 Å². The topological polar surface area (TPSA) is 95.2 Å². The van der Waals surface area contributed by atoms with Crippen LogP contribution < -0.4 is 5.73 Å². The standard InChI is InChI=1S/C10H16N4O2/c1-5(2)8-7(11)9(13-12-8)10(16)14-3-6(15)4-14/h5-6,15H,3-4,11H2,1-2H3,(H,12,13). The summed E-state index contributed by atoms with van der Waals surface area (Å²) in [5.41, 5.74) is 7.31. The van der Waals surface area contributed by atoms with Crippen molar-refractivity contribution in [1.82, 2.24) is 15.1 Å². The van der Waals surface area contributed by atoms with Gasteiger partial charge in [0, 0.05) is 13.1 Å². The summed E-state index contributed by atoms with van der Waals surface area (Å²) in [6, 6.07) is 0. The summed E-state index contributed by atoms with van der Waals surface area (Å²) in [5.74, 6) is -0.0121. The van der Waals surface area contributed by atoms with Gasteiger partial charge < -0.3 is 15.7 Å². The highest BCUT2D eigenvalue weighted by atomic mass is 16.3. The number of aromatic amines is 1. The van der Waals surface area contributed by atoms with E-state index in [1.165, 1.54) is 4.90 Å². The van der Waals surface area contributed by atoms with Crippen LogP contribution in [0.15, 0.2) is 0 Å². The number of nitrogens with two attached hydrogens (primary N) is 1. The average molecular weight is 224 g/mol. The molecule has 2 heterocycles. The molecule has 0 radical (unpaired) electrons. The second-order valence-electron chi connectivity index (χ2n) is 4.42. The fourth-order valence-electron chi connectivity index (χ4n) is 1.74. The molecule has 0 unspecified atom stereocenters. The number of nitrogen functional groups attached to an aromatic ring is 1. The average Bonchev–Trinajstić information content (AvgIpc) is 2.54. The van der Waals surface area contributed by atoms with Gasteiger partial charge in [0.1, 0.15) is 0 Å². The largest absolute Gasteiger partial charge is 0.395 e. The second-order valence-corrected chi connectivity index (χ2v) is 4.42. The van der Waals surface area contributed by atoms with Crippen molar-refractivity contribution in [2.24, 2.45) is 0 Å². The molecular weight excluding hydrogens is 208 g/mol. The van der Waals surface area contributed by atoms with Crippen LogP contribution in [0.1, 0.15) is 35.9 Å². The maximum atomic E-state index is 11.9. The number of likely N-dealkylation sites (tertiary alicyclic amines) is 1. The number of aromatic nitrogens is 2. The smallest absolute Gasteiger partial charge is 0.276 e. The number of aliphatic hydroxyl groups excluding tert-OH is 1. The minimum absolute atomic E-state index is 0.205. The number of hydrogen-bond acceptors (Lipinski definition) is 4. The molecule has 0 aromatic carbocycles. The number of carbonyl (C=O) groups excluding carboxylic acids is 1. The lowest BCUT2D eigenvalue weighted by atomic mass is 10.1. The number of carbonyl (C=O) groups is 1. The number of β-amino-alcohol motifs (C(OH)–C–C–N with tert-alkyl or cyclic N) is 1. The van der Waals surface area contributed by atoms with Gasteiger partial charge in [0.25, 0.3) is 5.91 Å². The zero-order valence-electron chi connectivity index (χ0n) is 9.40. The Kier molecular flexibility index (Phi) is 2.59. The molecule has 6 nitrogen and oxygen atoms in total. The fourth-order valence-corrected chi connectivity index (χ4v) is 1.74. The number of rotatable bonds is 2. The molecular formula is C10H16N4O2. The van der Waals surface area contributed by atoms with Crippen LogP contribution in [-0.2, 0) is 0 Å². The highest BCUT2D eigenvalue weighted by Gasteiger charge is 2.32. The van der Waals surface area contributed by atoms with Gasteiger partial charge in [-0.25, -0.2) is 0 Å². The van der Waals surface area contributed by atoms with E-state index in [4.69, 9.17) is 10.8 Å². The van der Waals surface area contributed by atoms with E-state index >= 15 is 0 Å². The van der Waals surface area contributed by atoms with Gasteiger partial charge in [0.2, 0.25) is 0 Å². The molecule has 2 rings (SSSR count). The molecule has 1 amide bonds. The van der Waals surface area contributed by atoms with Crippen LogP contribution in [0, 0.1) is 0 Å². The van der Waals surface area contributed by atoms with Gasteiger partial charge in [0.15, 0.2) is 5.69 Å². The number of nitrogens with zero attached hydrogens (tertiary/aromatic N) is 2. The lowest BCUT2D eigenvalue weighted by Gasteiger charge is -2.35. The molecule has 0 aliphatic carbocycles. The van der Waals surface area contributed by atoms with Crippen molar-refractivity contribution in [2.45, 2.75) is 25.9 Å². The zero-order valence-corrected chi connectivity index (χ0v) is 9.40. The molecule has 0 bridgehead atoms. The number of nitrogens with one attached hydrogen (secondary N) is 1. The maximum Gasteiger partial charge on any atom is 0.276 e. The molecule has 1 fully saturated rings. The van der Waals surface area contributed by atoms with E-state index in [2.05, 4.69) is 10.2 Å². The fraction of sp³-hybridized carbons (Fsp3) is 0.600. The predicted octanol–water partition coefficient (Wildman–Crippen LogP) is -0.0680. The quantitative estimate of drug-likeness (QED) is 0.655. The van der Waals surface area contributed by atoms with Crippen LogP contribution in [-0.4, -0.2) is 45.3 Å². The molecule has 1 aromatic rings. The SMILES string of the molecule is CC(C)c1[nH]nc(C(=O)N2CC(O)C2)c1N. The van der Waals surface area contributed by atoms with Gasteiger partial charge in [0.05, 0.1) is 17.5 Å². The highest BCUT2D eigenvalue weighted by molar-refractivity contribution is 5.98. The Morgan fingerprint density at radius 1 is 1.62 bits per heavy atom. The van der Waals surface area contributed by atoms with Crippen LogP contribution in [0.25, 0.3) is 0 Å². The first-order chi connectivity index (χ1) is 7.50. The highest BCUT2D eigenvalue weighted by Crippen LogP contribution is 2.24. The van der Waals surface area contributed by atoms with E-state index in [1.807, 2.05) is 13.8 Å². The number of amides is 1. The molecule has 88 valence electrons. The van der Waals surface area contributed by atoms with Crippen molar-refractivity contribution in [2.75, 3.05) is 18.8 Å². The first-order valence-corrected chi connectivity index (χ1v) is 5.31. The van der Waals surface area contributed by atoms with Crippen molar-refractivity contribution >= 4 is 11.6 Å². The molecule has 0 saturated carbocycles. The van der Waals surface area contributed by atoms with Gasteiger partial charge in [-0.3, -0.25) is 9.89 Å². The van der Waals surface area contributed by atoms with E-state index in [0.29, 0.717) is 18.8 Å². The first-order valence-electron chi connectivity index (χ1n) is 5.31. The van der Waals surface area contributed by atoms with Crippen molar-refractivity contribution < 1.29 is 9.90 Å². The lowest BCUT2D eigenvalue weighted by molar-refractivity contribution is 0.00557. The minimum atomic E-state index is -0.409. The summed E-state index contributed by atoms with van der Waals surface area (Å²) in [6.07, 6.45) is -0.409. The van der Waals surface area contributed by atoms with Crippen LogP contribution >= 0.6 is 0 Å². The predicted molar refractivity (Wildman–Crippen MR) is 59.0 cm³/mol. The van der Waals surface area contributed by atoms with Crippen molar-refractivity contribution in [3.05, 3.63) is 11.4 Å². The molecule has 6 heteroatoms. The Bertz CT molecular complexity index is 407. The van der Waals surface area contributed by atoms with Crippen LogP contribution in [0.3, 0.4) is 0 Å². The lowest BCUT2D eigenvalue weighted by Crippen LogP contribution is -2.53. The van der Waals surface area contributed by atoms with Crippen molar-refractivity contribution in [3.8, 4) is 0 Å². The molecule has 0 atom stereocenters. The van der Waals surface area contributed by atoms with E-state index in [9.17, 15) is 4.79 Å². The van der Waals surface area contributed by atoms with Gasteiger partial charge >= 0.3 is 0 Å². The second kappa shape index (κ2) is 3.79. The number of H-pyrrole nitrogens is 1. The Labute approximate surface area is 93.4 Å². The minimum Gasteiger partial charge on any atom is -0.395 e. The van der Waals surface area contributed by atoms with E-state index in [0.717, 1.165) is 5.69 Å². The molecule has 1 saturated heterocycles. The summed E-state index contributed by atoms with van der Waals surface area (Å²) in [4.78, 5) is 13.4. The Hall–Kier alpha value is -1.56. The summed E-state index contributed by atoms with van der Waals surface area (Å²) in [5, 5.41) is 15.8. The first kappa shape index (κ1) is 10.9. The molecule has 1 aliphatic heterocycles. The zero-order chi connectivity index (χ0) is 11.9. The summed E-state index contributed by atoms with van der Waals surface area (Å²) in [6.45, 7) is 4.68. The van der Waals surface area contributed by atoms with Gasteiger partial charge in [-0.1, -0.05) is 13.8 Å². The van der Waals surface area contributed by atoms with Crippen LogP contribution in [0.4, 0.5) is 5.69 Å². The maximum absolute atomic E-state index is 11.9. The Morgan fingerprint density at radius 2 is 2.25 bits per heavy atom. The van der Waals surface area contributed by atoms with E-state index < -0.39 is 6.10 Å². The van der Waals surface area contributed by atoms with Gasteiger partial charge in [-0.15, -0.1) is 0 Å². The van der Waals surface area contributed by atoms with Gasteiger partial charge in [-0.05, 0) is 5.92 Å². The molecule has 1 aliphatic rings. The molecule has 1 aromatic heterocycles. The third kappa shape index (κ3) is 1.65. The third-order valence-electron chi connectivity index (χ3n) is 2.76. The Balaban J connectivity index is 2.18. The normalized spacial score (nSPS) is 16.6. The van der Waals surface area contributed by atoms with Crippen molar-refractivity contribution in [1.29, 1.82) is 0 Å². The summed E-state index contributed by atoms with van der Waals surface area (Å²) >= 11 is 0. The van der Waals surface area contributed by atoms with E-state index in [-0.39, 0.29) is 17.5 Å². The summed E-state index contributed by atoms with van der Waals surface area (Å²) in [7, 11) is 0. The Morgan fingerprint density at radius 3 is 2.69 bits per heavy atom. The number of hydrogen-bond donors (Lipinski definition) is 3. The van der Waals surface area contributed by atoms with Crippen LogP contribution in [0.5, 0.6) is 0 Å². The molecule has 0 spiro atoms. The molecule has 4 N–H and O–H groups in total. The molecule has 16 heavy (non-hydrogen) atoms. The van der Waals surface area contributed by atoms with Crippen molar-refractivity contribution in [3.63, 3.8) is 0 Å². The van der Waals surface area contributed by atoms with Crippen LogP contribution in [0.2, 0.25) is 0 Å².